The SMILES string of the molecule is COc1ccc(NC(=O)C(=O)NCc2ccc(S(=O)(=O)N3CCCCC3)cc2)cc1Cl. The lowest BCUT2D eigenvalue weighted by atomic mass is 10.2. The van der Waals surface area contributed by atoms with Crippen LogP contribution in [0, 0.1) is 0 Å². The van der Waals surface area contributed by atoms with Gasteiger partial charge in [0.15, 0.2) is 0 Å². The minimum Gasteiger partial charge on any atom is -0.495 e. The summed E-state index contributed by atoms with van der Waals surface area (Å²) in [5.74, 6) is -1.21. The van der Waals surface area contributed by atoms with Crippen LogP contribution >= 0.6 is 11.6 Å². The van der Waals surface area contributed by atoms with E-state index in [4.69, 9.17) is 16.3 Å². The standard InChI is InChI=1S/C21H24ClN3O5S/c1-30-19-10-7-16(13-18(19)22)24-21(27)20(26)23-14-15-5-8-17(9-6-15)31(28,29)25-11-3-2-4-12-25/h5-10,13H,2-4,11-12,14H2,1H3,(H,23,26)(H,24,27). The number of nitrogens with one attached hydrogen (secondary N) is 2. The maximum Gasteiger partial charge on any atom is 0.313 e. The molecule has 0 atom stereocenters. The summed E-state index contributed by atoms with van der Waals surface area (Å²) in [6, 6.07) is 10.9. The molecule has 0 bridgehead atoms. The van der Waals surface area contributed by atoms with Crippen molar-refractivity contribution in [3.8, 4) is 5.75 Å². The zero-order chi connectivity index (χ0) is 22.4. The smallest absolute Gasteiger partial charge is 0.313 e. The minimum atomic E-state index is -3.50. The zero-order valence-corrected chi connectivity index (χ0v) is 18.6. The van der Waals surface area contributed by atoms with Crippen molar-refractivity contribution in [2.24, 2.45) is 0 Å². The van der Waals surface area contributed by atoms with E-state index < -0.39 is 21.8 Å². The van der Waals surface area contributed by atoms with Gasteiger partial charge in [0.25, 0.3) is 0 Å². The predicted octanol–water partition coefficient (Wildman–Crippen LogP) is 2.78. The highest BCUT2D eigenvalue weighted by Gasteiger charge is 2.25. The number of carbonyl (C=O) groups excluding carboxylic acids is 2. The number of ether oxygens (including phenoxy) is 1. The molecule has 0 radical (unpaired) electrons. The van der Waals surface area contributed by atoms with Crippen molar-refractivity contribution in [2.45, 2.75) is 30.7 Å². The number of halogens is 1. The van der Waals surface area contributed by atoms with Crippen molar-refractivity contribution in [1.82, 2.24) is 9.62 Å². The summed E-state index contributed by atoms with van der Waals surface area (Å²) in [6.07, 6.45) is 2.78. The summed E-state index contributed by atoms with van der Waals surface area (Å²) in [5.41, 5.74) is 1.03. The predicted molar refractivity (Wildman–Crippen MR) is 118 cm³/mol. The van der Waals surface area contributed by atoms with Crippen LogP contribution in [0.3, 0.4) is 0 Å². The first-order chi connectivity index (χ1) is 14.8. The van der Waals surface area contributed by atoms with E-state index in [1.165, 1.54) is 29.6 Å². The number of benzene rings is 2. The molecule has 31 heavy (non-hydrogen) atoms. The average Bonchev–Trinajstić information content (AvgIpc) is 2.78. The molecule has 0 spiro atoms. The number of hydrogen-bond donors (Lipinski definition) is 2. The van der Waals surface area contributed by atoms with Gasteiger partial charge >= 0.3 is 11.8 Å². The molecule has 2 N–H and O–H groups in total. The summed E-state index contributed by atoms with van der Waals surface area (Å²) in [4.78, 5) is 24.4. The molecule has 3 rings (SSSR count). The summed E-state index contributed by atoms with van der Waals surface area (Å²) < 4.78 is 31.9. The van der Waals surface area contributed by atoms with Crippen molar-refractivity contribution in [3.63, 3.8) is 0 Å². The third-order valence-corrected chi connectivity index (χ3v) is 7.15. The molecule has 1 aliphatic rings. The molecule has 166 valence electrons. The quantitative estimate of drug-likeness (QED) is 0.638. The fraction of sp³-hybridized carbons (Fsp3) is 0.333. The summed E-state index contributed by atoms with van der Waals surface area (Å²) in [7, 11) is -2.03. The van der Waals surface area contributed by atoms with Crippen LogP contribution in [-0.4, -0.2) is 44.7 Å². The topological polar surface area (TPSA) is 105 Å². The molecular formula is C21H24ClN3O5S. The number of sulfonamides is 1. The lowest BCUT2D eigenvalue weighted by Crippen LogP contribution is -2.35. The fourth-order valence-corrected chi connectivity index (χ4v) is 5.00. The highest BCUT2D eigenvalue weighted by molar-refractivity contribution is 7.89. The van der Waals surface area contributed by atoms with E-state index >= 15 is 0 Å². The zero-order valence-electron chi connectivity index (χ0n) is 17.1. The Labute approximate surface area is 186 Å². The largest absolute Gasteiger partial charge is 0.495 e. The van der Waals surface area contributed by atoms with E-state index in [2.05, 4.69) is 10.6 Å². The second-order valence-corrected chi connectivity index (χ2v) is 9.44. The second-order valence-electron chi connectivity index (χ2n) is 7.09. The highest BCUT2D eigenvalue weighted by Crippen LogP contribution is 2.27. The molecule has 0 aliphatic carbocycles. The molecule has 2 aromatic carbocycles. The Morgan fingerprint density at radius 1 is 1.03 bits per heavy atom. The third kappa shape index (κ3) is 5.75. The van der Waals surface area contributed by atoms with Crippen molar-refractivity contribution < 1.29 is 22.7 Å². The molecule has 1 aliphatic heterocycles. The molecule has 8 nitrogen and oxygen atoms in total. The summed E-state index contributed by atoms with van der Waals surface area (Å²) in [6.45, 7) is 1.16. The third-order valence-electron chi connectivity index (χ3n) is 4.95. The maximum absolute atomic E-state index is 12.7. The molecule has 2 aromatic rings. The van der Waals surface area contributed by atoms with E-state index in [0.717, 1.165) is 19.3 Å². The molecule has 1 heterocycles. The highest BCUT2D eigenvalue weighted by atomic mass is 35.5. The Kier molecular flexibility index (Phi) is 7.53. The van der Waals surface area contributed by atoms with Crippen LogP contribution in [0.25, 0.3) is 0 Å². The van der Waals surface area contributed by atoms with Gasteiger partial charge in [-0.2, -0.15) is 4.31 Å². The monoisotopic (exact) mass is 465 g/mol. The van der Waals surface area contributed by atoms with Gasteiger partial charge in [-0.1, -0.05) is 30.2 Å². The number of nitrogens with zero attached hydrogens (tertiary/aromatic N) is 1. The lowest BCUT2D eigenvalue weighted by molar-refractivity contribution is -0.136. The van der Waals surface area contributed by atoms with Gasteiger partial charge in [0.2, 0.25) is 10.0 Å². The van der Waals surface area contributed by atoms with Crippen LogP contribution in [0.1, 0.15) is 24.8 Å². The number of anilines is 1. The number of carbonyl (C=O) groups is 2. The van der Waals surface area contributed by atoms with Crippen molar-refractivity contribution >= 4 is 39.1 Å². The number of hydrogen-bond acceptors (Lipinski definition) is 5. The van der Waals surface area contributed by atoms with E-state index in [1.54, 1.807) is 24.3 Å². The van der Waals surface area contributed by atoms with Crippen molar-refractivity contribution in [3.05, 3.63) is 53.1 Å². The molecule has 0 unspecified atom stereocenters. The summed E-state index contributed by atoms with van der Waals surface area (Å²) >= 11 is 6.01. The van der Waals surface area contributed by atoms with Gasteiger partial charge in [-0.25, -0.2) is 8.42 Å². The van der Waals surface area contributed by atoms with Gasteiger partial charge in [0.05, 0.1) is 17.0 Å². The summed E-state index contributed by atoms with van der Waals surface area (Å²) in [5, 5.41) is 5.27. The van der Waals surface area contributed by atoms with Crippen LogP contribution in [0.4, 0.5) is 5.69 Å². The average molecular weight is 466 g/mol. The molecule has 1 fully saturated rings. The minimum absolute atomic E-state index is 0.0830. The molecule has 10 heteroatoms. The van der Waals surface area contributed by atoms with E-state index in [1.807, 2.05) is 0 Å². The van der Waals surface area contributed by atoms with Crippen LogP contribution < -0.4 is 15.4 Å². The van der Waals surface area contributed by atoms with Gasteiger partial charge in [-0.05, 0) is 48.7 Å². The van der Waals surface area contributed by atoms with Crippen molar-refractivity contribution in [2.75, 3.05) is 25.5 Å². The van der Waals surface area contributed by atoms with Crippen molar-refractivity contribution in [1.29, 1.82) is 0 Å². The van der Waals surface area contributed by atoms with Crippen LogP contribution in [0.5, 0.6) is 5.75 Å². The Bertz CT molecular complexity index is 1050. The Morgan fingerprint density at radius 3 is 2.32 bits per heavy atom. The molecule has 0 aromatic heterocycles. The van der Waals surface area contributed by atoms with Gasteiger partial charge in [-0.15, -0.1) is 0 Å². The molecule has 0 saturated carbocycles. The molecular weight excluding hydrogens is 442 g/mol. The number of piperidine rings is 1. The first kappa shape index (κ1) is 23.1. The van der Waals surface area contributed by atoms with Gasteiger partial charge in [0, 0.05) is 25.3 Å². The van der Waals surface area contributed by atoms with Gasteiger partial charge in [0.1, 0.15) is 5.75 Å². The van der Waals surface area contributed by atoms with Crippen LogP contribution in [0.15, 0.2) is 47.4 Å². The second kappa shape index (κ2) is 10.1. The Hall–Kier alpha value is -2.62. The maximum atomic E-state index is 12.7. The Morgan fingerprint density at radius 2 is 1.71 bits per heavy atom. The van der Waals surface area contributed by atoms with E-state index in [0.29, 0.717) is 35.1 Å². The normalized spacial score (nSPS) is 14.6. The molecule has 2 amide bonds. The van der Waals surface area contributed by atoms with Gasteiger partial charge in [-0.3, -0.25) is 9.59 Å². The fourth-order valence-electron chi connectivity index (χ4n) is 3.23. The van der Waals surface area contributed by atoms with Crippen LogP contribution in [0.2, 0.25) is 5.02 Å². The number of methoxy groups -OCH3 is 1. The molecule has 1 saturated heterocycles. The number of amides is 2. The Balaban J connectivity index is 1.55. The van der Waals surface area contributed by atoms with Gasteiger partial charge < -0.3 is 15.4 Å². The number of rotatable bonds is 6. The van der Waals surface area contributed by atoms with E-state index in [-0.39, 0.29) is 11.4 Å². The van der Waals surface area contributed by atoms with E-state index in [9.17, 15) is 18.0 Å². The first-order valence-electron chi connectivity index (χ1n) is 9.83. The lowest BCUT2D eigenvalue weighted by Gasteiger charge is -2.25. The first-order valence-corrected chi connectivity index (χ1v) is 11.6. The van der Waals surface area contributed by atoms with Crippen LogP contribution in [-0.2, 0) is 26.2 Å².